The van der Waals surface area contributed by atoms with Gasteiger partial charge in [0.15, 0.2) is 0 Å². The summed E-state index contributed by atoms with van der Waals surface area (Å²) in [5.41, 5.74) is 5.36. The zero-order valence-electron chi connectivity index (χ0n) is 8.68. The number of hydrogen-bond acceptors (Lipinski definition) is 5. The Hall–Kier alpha value is -0.500. The van der Waals surface area contributed by atoms with Crippen molar-refractivity contribution < 1.29 is 12.8 Å². The molecule has 2 rings (SSSR count). The molecule has 0 saturated carbocycles. The maximum absolute atomic E-state index is 11.9. The van der Waals surface area contributed by atoms with Crippen molar-refractivity contribution in [3.8, 4) is 0 Å². The molecule has 1 unspecified atom stereocenters. The van der Waals surface area contributed by atoms with Crippen LogP contribution in [0.2, 0.25) is 0 Å². The first-order chi connectivity index (χ1) is 7.62. The minimum Gasteiger partial charge on any atom is -0.447 e. The Morgan fingerprint density at radius 3 is 2.94 bits per heavy atom. The van der Waals surface area contributed by atoms with Gasteiger partial charge < -0.3 is 10.2 Å². The van der Waals surface area contributed by atoms with Gasteiger partial charge in [0.05, 0.1) is 6.54 Å². The van der Waals surface area contributed by atoms with Gasteiger partial charge >= 0.3 is 0 Å². The number of hydrogen-bond donors (Lipinski definition) is 2. The van der Waals surface area contributed by atoms with Gasteiger partial charge in [-0.1, -0.05) is 0 Å². The van der Waals surface area contributed by atoms with Crippen LogP contribution in [0.1, 0.15) is 12.2 Å². The first-order valence-corrected chi connectivity index (χ1v) is 7.64. The van der Waals surface area contributed by atoms with E-state index >= 15 is 0 Å². The van der Waals surface area contributed by atoms with Crippen molar-refractivity contribution in [1.29, 1.82) is 0 Å². The lowest BCUT2D eigenvalue weighted by atomic mass is 10.3. The molecule has 0 aliphatic carbocycles. The summed E-state index contributed by atoms with van der Waals surface area (Å²) in [5, 5.41) is -0.0511. The predicted molar refractivity (Wildman–Crippen MR) is 62.7 cm³/mol. The van der Waals surface area contributed by atoms with Crippen LogP contribution in [0.15, 0.2) is 21.6 Å². The number of sulfonamides is 1. The number of furan rings is 1. The summed E-state index contributed by atoms with van der Waals surface area (Å²) in [6.07, 6.45) is 0.869. The van der Waals surface area contributed by atoms with Crippen LogP contribution in [0, 0.1) is 0 Å². The Morgan fingerprint density at radius 1 is 1.56 bits per heavy atom. The standard InChI is InChI=1S/C9H14N2O3S2/c10-5-8-1-2-9(14-8)16(12,13)11-7-3-4-15-6-7/h1-2,7,11H,3-6,10H2. The molecule has 1 fully saturated rings. The third-order valence-electron chi connectivity index (χ3n) is 2.35. The Kier molecular flexibility index (Phi) is 3.58. The lowest BCUT2D eigenvalue weighted by Crippen LogP contribution is -2.34. The molecule has 16 heavy (non-hydrogen) atoms. The molecule has 90 valence electrons. The highest BCUT2D eigenvalue weighted by atomic mass is 32.2. The van der Waals surface area contributed by atoms with Gasteiger partial charge in [-0.25, -0.2) is 13.1 Å². The van der Waals surface area contributed by atoms with Crippen molar-refractivity contribution in [3.05, 3.63) is 17.9 Å². The van der Waals surface area contributed by atoms with Crippen LogP contribution < -0.4 is 10.5 Å². The number of thioether (sulfide) groups is 1. The molecule has 0 bridgehead atoms. The van der Waals surface area contributed by atoms with E-state index < -0.39 is 10.0 Å². The third-order valence-corrected chi connectivity index (χ3v) is 4.91. The normalized spacial score (nSPS) is 21.4. The smallest absolute Gasteiger partial charge is 0.274 e. The molecule has 3 N–H and O–H groups in total. The molecule has 1 saturated heterocycles. The Morgan fingerprint density at radius 2 is 2.38 bits per heavy atom. The highest BCUT2D eigenvalue weighted by molar-refractivity contribution is 7.99. The van der Waals surface area contributed by atoms with Gasteiger partial charge in [0, 0.05) is 11.8 Å². The highest BCUT2D eigenvalue weighted by Crippen LogP contribution is 2.20. The topological polar surface area (TPSA) is 85.3 Å². The molecule has 1 aromatic heterocycles. The van der Waals surface area contributed by atoms with E-state index in [0.717, 1.165) is 17.9 Å². The van der Waals surface area contributed by atoms with E-state index in [9.17, 15) is 8.42 Å². The molecule has 1 aliphatic rings. The summed E-state index contributed by atoms with van der Waals surface area (Å²) < 4.78 is 31.5. The van der Waals surface area contributed by atoms with Gasteiger partial charge in [-0.15, -0.1) is 0 Å². The van der Waals surface area contributed by atoms with E-state index in [1.54, 1.807) is 17.8 Å². The summed E-state index contributed by atoms with van der Waals surface area (Å²) in [5.74, 6) is 2.30. The molecule has 0 radical (unpaired) electrons. The average molecular weight is 262 g/mol. The van der Waals surface area contributed by atoms with Gasteiger partial charge in [0.1, 0.15) is 5.76 Å². The second-order valence-corrected chi connectivity index (χ2v) is 6.40. The van der Waals surface area contributed by atoms with E-state index in [-0.39, 0.29) is 17.7 Å². The molecule has 0 spiro atoms. The average Bonchev–Trinajstić information content (AvgIpc) is 2.85. The van der Waals surface area contributed by atoms with E-state index in [1.807, 2.05) is 0 Å². The minimum atomic E-state index is -3.52. The zero-order chi connectivity index (χ0) is 11.6. The monoisotopic (exact) mass is 262 g/mol. The molecule has 1 aliphatic heterocycles. The minimum absolute atomic E-state index is 0.0152. The fraction of sp³-hybridized carbons (Fsp3) is 0.556. The fourth-order valence-corrected chi connectivity index (χ4v) is 4.00. The molecule has 0 amide bonds. The number of rotatable bonds is 4. The van der Waals surface area contributed by atoms with Gasteiger partial charge in [0.2, 0.25) is 5.09 Å². The summed E-state index contributed by atoms with van der Waals surface area (Å²) in [4.78, 5) is 0. The van der Waals surface area contributed by atoms with Crippen LogP contribution in [0.4, 0.5) is 0 Å². The van der Waals surface area contributed by atoms with E-state index in [1.165, 1.54) is 6.07 Å². The van der Waals surface area contributed by atoms with Crippen molar-refractivity contribution in [3.63, 3.8) is 0 Å². The Bertz CT molecular complexity index is 449. The molecular weight excluding hydrogens is 248 g/mol. The van der Waals surface area contributed by atoms with Crippen molar-refractivity contribution >= 4 is 21.8 Å². The molecule has 2 heterocycles. The predicted octanol–water partition coefficient (Wildman–Crippen LogP) is 0.522. The quantitative estimate of drug-likeness (QED) is 0.826. The summed E-state index contributed by atoms with van der Waals surface area (Å²) in [6.45, 7) is 0.203. The van der Waals surface area contributed by atoms with Crippen LogP contribution in [0.25, 0.3) is 0 Å². The molecule has 0 aromatic carbocycles. The van der Waals surface area contributed by atoms with E-state index in [4.69, 9.17) is 10.2 Å². The van der Waals surface area contributed by atoms with Gasteiger partial charge in [-0.3, -0.25) is 0 Å². The molecule has 1 atom stereocenters. The SMILES string of the molecule is NCc1ccc(S(=O)(=O)NC2CCSC2)o1. The van der Waals surface area contributed by atoms with Crippen LogP contribution in [-0.2, 0) is 16.6 Å². The van der Waals surface area contributed by atoms with Crippen molar-refractivity contribution in [2.45, 2.75) is 24.1 Å². The number of nitrogens with one attached hydrogen (secondary N) is 1. The summed E-state index contributed by atoms with van der Waals surface area (Å²) in [7, 11) is -3.52. The maximum atomic E-state index is 11.9. The fourth-order valence-electron chi connectivity index (χ4n) is 1.52. The second kappa shape index (κ2) is 4.79. The maximum Gasteiger partial charge on any atom is 0.274 e. The lowest BCUT2D eigenvalue weighted by molar-refractivity contribution is 0.411. The molecular formula is C9H14N2O3S2. The lowest BCUT2D eigenvalue weighted by Gasteiger charge is -2.09. The van der Waals surface area contributed by atoms with Crippen LogP contribution in [0.5, 0.6) is 0 Å². The van der Waals surface area contributed by atoms with Crippen molar-refractivity contribution in [1.82, 2.24) is 4.72 Å². The largest absolute Gasteiger partial charge is 0.447 e. The molecule has 5 nitrogen and oxygen atoms in total. The van der Waals surface area contributed by atoms with E-state index in [2.05, 4.69) is 4.72 Å². The third kappa shape index (κ3) is 2.60. The Labute approximate surface area is 98.8 Å². The van der Waals surface area contributed by atoms with Crippen molar-refractivity contribution in [2.75, 3.05) is 11.5 Å². The van der Waals surface area contributed by atoms with Crippen LogP contribution in [0.3, 0.4) is 0 Å². The summed E-state index contributed by atoms with van der Waals surface area (Å²) >= 11 is 1.75. The number of nitrogens with two attached hydrogens (primary N) is 1. The van der Waals surface area contributed by atoms with Gasteiger partial charge in [-0.05, 0) is 24.3 Å². The second-order valence-electron chi connectivity index (χ2n) is 3.61. The van der Waals surface area contributed by atoms with Crippen LogP contribution >= 0.6 is 11.8 Å². The van der Waals surface area contributed by atoms with Crippen molar-refractivity contribution in [2.24, 2.45) is 5.73 Å². The zero-order valence-corrected chi connectivity index (χ0v) is 10.3. The summed E-state index contributed by atoms with van der Waals surface area (Å²) in [6, 6.07) is 3.03. The first kappa shape index (κ1) is 12.0. The highest BCUT2D eigenvalue weighted by Gasteiger charge is 2.25. The van der Waals surface area contributed by atoms with E-state index in [0.29, 0.717) is 5.76 Å². The van der Waals surface area contributed by atoms with Gasteiger partial charge in [-0.2, -0.15) is 11.8 Å². The first-order valence-electron chi connectivity index (χ1n) is 5.00. The van der Waals surface area contributed by atoms with Crippen LogP contribution in [-0.4, -0.2) is 26.0 Å². The molecule has 7 heteroatoms. The Balaban J connectivity index is 2.11. The molecule has 1 aromatic rings. The van der Waals surface area contributed by atoms with Gasteiger partial charge in [0.25, 0.3) is 10.0 Å².